The third-order valence-corrected chi connectivity index (χ3v) is 7.90. The monoisotopic (exact) mass is 545 g/mol. The minimum absolute atomic E-state index is 0.202. The lowest BCUT2D eigenvalue weighted by Crippen LogP contribution is -2.39. The van der Waals surface area contributed by atoms with Crippen LogP contribution in [-0.4, -0.2) is 21.7 Å². The van der Waals surface area contributed by atoms with Crippen LogP contribution in [0.3, 0.4) is 0 Å². The number of hydrogen-bond acceptors (Lipinski definition) is 5. The second kappa shape index (κ2) is 10.8. The van der Waals surface area contributed by atoms with Crippen molar-refractivity contribution in [2.45, 2.75) is 19.5 Å². The smallest absolute Gasteiger partial charge is 0.338 e. The van der Waals surface area contributed by atoms with E-state index in [2.05, 4.69) is 23.3 Å². The fourth-order valence-corrected chi connectivity index (χ4v) is 6.20. The summed E-state index contributed by atoms with van der Waals surface area (Å²) in [5.74, 6) is -0.485. The molecule has 1 aliphatic rings. The molecule has 0 aliphatic carbocycles. The molecule has 0 fully saturated rings. The van der Waals surface area contributed by atoms with E-state index in [1.54, 1.807) is 11.5 Å². The van der Waals surface area contributed by atoms with E-state index in [4.69, 9.17) is 9.73 Å². The topological polar surface area (TPSA) is 65.6 Å². The van der Waals surface area contributed by atoms with Crippen molar-refractivity contribution in [3.8, 4) is 0 Å². The van der Waals surface area contributed by atoms with Gasteiger partial charge in [-0.1, -0.05) is 96.3 Å². The van der Waals surface area contributed by atoms with Crippen molar-refractivity contribution in [2.24, 2.45) is 4.99 Å². The molecule has 2 aromatic heterocycles. The van der Waals surface area contributed by atoms with Gasteiger partial charge in [-0.3, -0.25) is 9.36 Å². The average molecular weight is 546 g/mol. The molecule has 0 saturated carbocycles. The van der Waals surface area contributed by atoms with Crippen molar-refractivity contribution in [3.05, 3.63) is 146 Å². The highest BCUT2D eigenvalue weighted by molar-refractivity contribution is 7.07. The lowest BCUT2D eigenvalue weighted by Gasteiger charge is -2.25. The lowest BCUT2D eigenvalue weighted by atomic mass is 9.93. The first-order chi connectivity index (χ1) is 19.6. The molecule has 3 heterocycles. The number of thiazole rings is 1. The maximum absolute atomic E-state index is 14.1. The van der Waals surface area contributed by atoms with Crippen LogP contribution in [0.1, 0.15) is 29.7 Å². The number of benzene rings is 3. The van der Waals surface area contributed by atoms with Crippen LogP contribution in [0.2, 0.25) is 0 Å². The zero-order valence-electron chi connectivity index (χ0n) is 22.0. The minimum atomic E-state index is -0.684. The van der Waals surface area contributed by atoms with Crippen LogP contribution in [0, 0.1) is 0 Å². The second-order valence-corrected chi connectivity index (χ2v) is 10.4. The van der Waals surface area contributed by atoms with Gasteiger partial charge in [0.15, 0.2) is 4.80 Å². The first kappa shape index (κ1) is 25.5. The van der Waals surface area contributed by atoms with Gasteiger partial charge in [0, 0.05) is 34.8 Å². The highest BCUT2D eigenvalue weighted by Crippen LogP contribution is 2.35. The Morgan fingerprint density at radius 2 is 1.73 bits per heavy atom. The molecule has 198 valence electrons. The van der Waals surface area contributed by atoms with Gasteiger partial charge < -0.3 is 9.30 Å². The molecule has 3 aromatic carbocycles. The number of aromatic nitrogens is 2. The van der Waals surface area contributed by atoms with Crippen molar-refractivity contribution in [1.29, 1.82) is 0 Å². The number of fused-ring (bicyclic) bond motifs is 2. The minimum Gasteiger partial charge on any atom is -0.463 e. The van der Waals surface area contributed by atoms with E-state index < -0.39 is 12.0 Å². The largest absolute Gasteiger partial charge is 0.463 e. The Kier molecular flexibility index (Phi) is 6.88. The van der Waals surface area contributed by atoms with Gasteiger partial charge >= 0.3 is 5.97 Å². The molecule has 0 radical (unpaired) electrons. The third-order valence-electron chi connectivity index (χ3n) is 6.92. The predicted octanol–water partition coefficient (Wildman–Crippen LogP) is 5.08. The molecule has 1 atom stereocenters. The first-order valence-corrected chi connectivity index (χ1v) is 13.9. The summed E-state index contributed by atoms with van der Waals surface area (Å²) in [5, 5.41) is 1.05. The highest BCUT2D eigenvalue weighted by Gasteiger charge is 2.35. The van der Waals surface area contributed by atoms with E-state index in [-0.39, 0.29) is 12.2 Å². The molecular weight excluding hydrogens is 518 g/mol. The summed E-state index contributed by atoms with van der Waals surface area (Å²) < 4.78 is 9.82. The van der Waals surface area contributed by atoms with E-state index in [0.717, 1.165) is 27.6 Å². The standard InChI is InChI=1S/C33H27N3O3S/c1-3-19-35-21-24(25-17-11-12-18-26(25)35)20-27-31(37)36-30(23-15-9-6-10-16-23)28(32(38)39-4-2)29(34-33(36)40-27)22-13-7-5-8-14-22/h3,5-18,20-21,30H,1,4,19H2,2H3/b27-20-/t30-/m0/s1. The van der Waals surface area contributed by atoms with E-state index in [1.165, 1.54) is 11.3 Å². The molecule has 0 amide bonds. The molecule has 7 heteroatoms. The van der Waals surface area contributed by atoms with Gasteiger partial charge in [0.2, 0.25) is 0 Å². The summed E-state index contributed by atoms with van der Waals surface area (Å²) in [5.41, 5.74) is 4.27. The molecule has 0 unspecified atom stereocenters. The van der Waals surface area contributed by atoms with Crippen molar-refractivity contribution in [2.75, 3.05) is 6.61 Å². The van der Waals surface area contributed by atoms with Crippen molar-refractivity contribution in [3.63, 3.8) is 0 Å². The van der Waals surface area contributed by atoms with Gasteiger partial charge in [0.05, 0.1) is 28.5 Å². The zero-order chi connectivity index (χ0) is 27.6. The van der Waals surface area contributed by atoms with E-state index in [9.17, 15) is 9.59 Å². The maximum Gasteiger partial charge on any atom is 0.338 e. The van der Waals surface area contributed by atoms with E-state index in [1.807, 2.05) is 91.1 Å². The molecule has 0 spiro atoms. The molecule has 0 bridgehead atoms. The SMILES string of the molecule is C=CCn1cc(/C=c2\sc3n(c2=O)[C@@H](c2ccccc2)C(C(=O)OCC)=C(c2ccccc2)N=3)c2ccccc21. The number of esters is 1. The quantitative estimate of drug-likeness (QED) is 0.212. The average Bonchev–Trinajstić information content (AvgIpc) is 3.50. The van der Waals surface area contributed by atoms with Gasteiger partial charge in [-0.15, -0.1) is 6.58 Å². The fourth-order valence-electron chi connectivity index (χ4n) is 5.21. The van der Waals surface area contributed by atoms with Crippen molar-refractivity contribution in [1.82, 2.24) is 9.13 Å². The van der Waals surface area contributed by atoms with Crippen LogP contribution in [0.15, 0.2) is 119 Å². The summed E-state index contributed by atoms with van der Waals surface area (Å²) in [6.45, 7) is 6.53. The summed E-state index contributed by atoms with van der Waals surface area (Å²) >= 11 is 1.32. The van der Waals surface area contributed by atoms with Crippen molar-refractivity contribution >= 4 is 40.0 Å². The number of carbonyl (C=O) groups is 1. The van der Waals surface area contributed by atoms with Crippen LogP contribution in [0.25, 0.3) is 22.7 Å². The first-order valence-electron chi connectivity index (χ1n) is 13.1. The highest BCUT2D eigenvalue weighted by atomic mass is 32.1. The molecule has 6 rings (SSSR count). The molecule has 5 aromatic rings. The molecule has 1 aliphatic heterocycles. The Labute approximate surface area is 235 Å². The Hall–Kier alpha value is -4.75. The lowest BCUT2D eigenvalue weighted by molar-refractivity contribution is -0.138. The summed E-state index contributed by atoms with van der Waals surface area (Å²) in [6.07, 6.45) is 5.81. The molecule has 6 nitrogen and oxygen atoms in total. The summed E-state index contributed by atoms with van der Waals surface area (Å²) in [6, 6.07) is 26.6. The Bertz CT molecular complexity index is 1950. The Balaban J connectivity index is 1.64. The van der Waals surface area contributed by atoms with Crippen LogP contribution >= 0.6 is 11.3 Å². The van der Waals surface area contributed by atoms with Crippen LogP contribution in [0.5, 0.6) is 0 Å². The summed E-state index contributed by atoms with van der Waals surface area (Å²) in [4.78, 5) is 33.1. The Morgan fingerprint density at radius 1 is 1.02 bits per heavy atom. The fraction of sp³-hybridized carbons (Fsp3) is 0.121. The zero-order valence-corrected chi connectivity index (χ0v) is 22.8. The summed E-state index contributed by atoms with van der Waals surface area (Å²) in [7, 11) is 0. The van der Waals surface area contributed by atoms with Crippen LogP contribution in [0.4, 0.5) is 0 Å². The number of allylic oxidation sites excluding steroid dienone is 1. The van der Waals surface area contributed by atoms with Crippen LogP contribution in [-0.2, 0) is 16.1 Å². The van der Waals surface area contributed by atoms with Gasteiger partial charge in [0.25, 0.3) is 5.56 Å². The molecular formula is C33H27N3O3S. The van der Waals surface area contributed by atoms with Gasteiger partial charge in [-0.25, -0.2) is 9.79 Å². The number of para-hydroxylation sites is 1. The van der Waals surface area contributed by atoms with Gasteiger partial charge in [-0.2, -0.15) is 0 Å². The predicted molar refractivity (Wildman–Crippen MR) is 160 cm³/mol. The molecule has 0 N–H and O–H groups in total. The van der Waals surface area contributed by atoms with Crippen LogP contribution < -0.4 is 14.9 Å². The number of carbonyl (C=O) groups excluding carboxylic acids is 1. The van der Waals surface area contributed by atoms with Gasteiger partial charge in [0.1, 0.15) is 0 Å². The third kappa shape index (κ3) is 4.44. The molecule has 0 saturated heterocycles. The second-order valence-electron chi connectivity index (χ2n) is 9.38. The number of hydrogen-bond donors (Lipinski definition) is 0. The number of rotatable bonds is 7. The van der Waals surface area contributed by atoms with Gasteiger partial charge in [-0.05, 0) is 24.6 Å². The van der Waals surface area contributed by atoms with Crippen molar-refractivity contribution < 1.29 is 9.53 Å². The number of ether oxygens (including phenoxy) is 1. The normalized spacial score (nSPS) is 15.1. The number of nitrogens with zero attached hydrogens (tertiary/aromatic N) is 3. The van der Waals surface area contributed by atoms with E-state index >= 15 is 0 Å². The Morgan fingerprint density at radius 3 is 2.45 bits per heavy atom. The van der Waals surface area contributed by atoms with E-state index in [0.29, 0.717) is 27.1 Å². The maximum atomic E-state index is 14.1. The molecule has 40 heavy (non-hydrogen) atoms.